The maximum atomic E-state index is 5.44. The second-order valence-corrected chi connectivity index (χ2v) is 6.44. The highest BCUT2D eigenvalue weighted by Gasteiger charge is 2.08. The van der Waals surface area contributed by atoms with Gasteiger partial charge in [-0.25, -0.2) is 0 Å². The fourth-order valence-corrected chi connectivity index (χ4v) is 3.50. The van der Waals surface area contributed by atoms with E-state index in [9.17, 15) is 0 Å². The van der Waals surface area contributed by atoms with E-state index in [4.69, 9.17) is 4.74 Å². The van der Waals surface area contributed by atoms with Gasteiger partial charge in [0.25, 0.3) is 0 Å². The van der Waals surface area contributed by atoms with Crippen molar-refractivity contribution in [3.05, 3.63) is 62.0 Å². The molecule has 0 aliphatic rings. The van der Waals surface area contributed by atoms with Crippen LogP contribution >= 0.6 is 31.9 Å². The summed E-state index contributed by atoms with van der Waals surface area (Å²) in [4.78, 5) is 0. The van der Waals surface area contributed by atoms with Crippen molar-refractivity contribution in [1.29, 1.82) is 0 Å². The van der Waals surface area contributed by atoms with Crippen molar-refractivity contribution in [1.82, 2.24) is 5.32 Å². The SMILES string of the molecule is COc1c(Br)cc(Br)cc1CNCc1ccc(C)cc1. The minimum absolute atomic E-state index is 0.759. The van der Waals surface area contributed by atoms with Gasteiger partial charge in [-0.3, -0.25) is 0 Å². The predicted octanol–water partition coefficient (Wildman–Crippen LogP) is 4.82. The molecule has 2 aromatic carbocycles. The Kier molecular flexibility index (Phi) is 5.64. The molecule has 0 spiro atoms. The average molecular weight is 399 g/mol. The topological polar surface area (TPSA) is 21.3 Å². The molecule has 4 heteroatoms. The Hall–Kier alpha value is -0.840. The summed E-state index contributed by atoms with van der Waals surface area (Å²) in [5, 5.41) is 3.44. The molecule has 0 amide bonds. The summed E-state index contributed by atoms with van der Waals surface area (Å²) in [7, 11) is 1.69. The Morgan fingerprint density at radius 2 is 1.75 bits per heavy atom. The molecule has 0 aliphatic heterocycles. The lowest BCUT2D eigenvalue weighted by molar-refractivity contribution is 0.405. The Bertz CT molecular complexity index is 582. The van der Waals surface area contributed by atoms with Gasteiger partial charge >= 0.3 is 0 Å². The molecule has 20 heavy (non-hydrogen) atoms. The fraction of sp³-hybridized carbons (Fsp3) is 0.250. The van der Waals surface area contributed by atoms with Gasteiger partial charge in [0.05, 0.1) is 11.6 Å². The third-order valence-electron chi connectivity index (χ3n) is 3.05. The van der Waals surface area contributed by atoms with Gasteiger partial charge in [0.2, 0.25) is 0 Å². The highest BCUT2D eigenvalue weighted by atomic mass is 79.9. The largest absolute Gasteiger partial charge is 0.495 e. The minimum Gasteiger partial charge on any atom is -0.495 e. The molecular formula is C16H17Br2NO. The number of hydrogen-bond donors (Lipinski definition) is 1. The number of aryl methyl sites for hydroxylation is 1. The molecule has 106 valence electrons. The molecule has 0 aromatic heterocycles. The monoisotopic (exact) mass is 397 g/mol. The van der Waals surface area contributed by atoms with E-state index in [1.54, 1.807) is 7.11 Å². The Labute approximate surface area is 136 Å². The van der Waals surface area contributed by atoms with Crippen molar-refractivity contribution in [3.8, 4) is 5.75 Å². The maximum absolute atomic E-state index is 5.44. The molecule has 2 nitrogen and oxygen atoms in total. The Morgan fingerprint density at radius 3 is 2.40 bits per heavy atom. The zero-order valence-electron chi connectivity index (χ0n) is 11.5. The first-order valence-electron chi connectivity index (χ1n) is 6.38. The van der Waals surface area contributed by atoms with Crippen molar-refractivity contribution in [3.63, 3.8) is 0 Å². The number of rotatable bonds is 5. The van der Waals surface area contributed by atoms with E-state index < -0.39 is 0 Å². The van der Waals surface area contributed by atoms with Crippen LogP contribution in [0.15, 0.2) is 45.3 Å². The molecule has 0 atom stereocenters. The van der Waals surface area contributed by atoms with Crippen molar-refractivity contribution >= 4 is 31.9 Å². The smallest absolute Gasteiger partial charge is 0.137 e. The minimum atomic E-state index is 0.759. The molecule has 2 aromatic rings. The zero-order chi connectivity index (χ0) is 14.5. The maximum Gasteiger partial charge on any atom is 0.137 e. The first-order chi connectivity index (χ1) is 9.60. The van der Waals surface area contributed by atoms with E-state index in [2.05, 4.69) is 74.4 Å². The Morgan fingerprint density at radius 1 is 1.05 bits per heavy atom. The molecule has 1 N–H and O–H groups in total. The summed E-state index contributed by atoms with van der Waals surface area (Å²) in [5.41, 5.74) is 3.69. The Balaban J connectivity index is 2.02. The van der Waals surface area contributed by atoms with Crippen LogP contribution < -0.4 is 10.1 Å². The molecular weight excluding hydrogens is 382 g/mol. The number of methoxy groups -OCH3 is 1. The summed E-state index contributed by atoms with van der Waals surface area (Å²) in [5.74, 6) is 0.879. The molecule has 0 heterocycles. The van der Waals surface area contributed by atoms with Crippen LogP contribution in [0.1, 0.15) is 16.7 Å². The van der Waals surface area contributed by atoms with E-state index >= 15 is 0 Å². The van der Waals surface area contributed by atoms with Gasteiger partial charge in [-0.2, -0.15) is 0 Å². The fourth-order valence-electron chi connectivity index (χ4n) is 2.02. The first kappa shape index (κ1) is 15.5. The normalized spacial score (nSPS) is 10.6. The quantitative estimate of drug-likeness (QED) is 0.779. The van der Waals surface area contributed by atoms with E-state index in [0.717, 1.165) is 33.3 Å². The van der Waals surface area contributed by atoms with Gasteiger partial charge in [-0.15, -0.1) is 0 Å². The van der Waals surface area contributed by atoms with E-state index in [0.29, 0.717) is 0 Å². The van der Waals surface area contributed by atoms with Crippen LogP contribution in [0.25, 0.3) is 0 Å². The number of nitrogens with one attached hydrogen (secondary N) is 1. The number of ether oxygens (including phenoxy) is 1. The highest BCUT2D eigenvalue weighted by molar-refractivity contribution is 9.11. The molecule has 0 aliphatic carbocycles. The number of hydrogen-bond acceptors (Lipinski definition) is 2. The van der Waals surface area contributed by atoms with Gasteiger partial charge < -0.3 is 10.1 Å². The van der Waals surface area contributed by atoms with Crippen LogP contribution in [-0.4, -0.2) is 7.11 Å². The average Bonchev–Trinajstić information content (AvgIpc) is 2.40. The molecule has 2 rings (SSSR count). The van der Waals surface area contributed by atoms with Crippen molar-refractivity contribution < 1.29 is 4.74 Å². The second kappa shape index (κ2) is 7.25. The van der Waals surface area contributed by atoms with Crippen molar-refractivity contribution in [2.75, 3.05) is 7.11 Å². The third-order valence-corrected chi connectivity index (χ3v) is 4.10. The standard InChI is InChI=1S/C16H17Br2NO/c1-11-3-5-12(6-4-11)9-19-10-13-7-14(17)8-15(18)16(13)20-2/h3-8,19H,9-10H2,1-2H3. The van der Waals surface area contributed by atoms with Crippen LogP contribution in [0.5, 0.6) is 5.75 Å². The molecule has 0 bridgehead atoms. The van der Waals surface area contributed by atoms with Gasteiger partial charge in [0, 0.05) is 23.1 Å². The summed E-state index contributed by atoms with van der Waals surface area (Å²) in [6.07, 6.45) is 0. The summed E-state index contributed by atoms with van der Waals surface area (Å²) < 4.78 is 7.44. The molecule has 0 radical (unpaired) electrons. The van der Waals surface area contributed by atoms with Crippen LogP contribution in [0, 0.1) is 6.92 Å². The second-order valence-electron chi connectivity index (χ2n) is 4.67. The lowest BCUT2D eigenvalue weighted by atomic mass is 10.1. The highest BCUT2D eigenvalue weighted by Crippen LogP contribution is 2.32. The lowest BCUT2D eigenvalue weighted by Gasteiger charge is -2.12. The predicted molar refractivity (Wildman–Crippen MR) is 90.1 cm³/mol. The first-order valence-corrected chi connectivity index (χ1v) is 7.97. The van der Waals surface area contributed by atoms with Crippen LogP contribution in [-0.2, 0) is 13.1 Å². The van der Waals surface area contributed by atoms with Gasteiger partial charge in [-0.1, -0.05) is 45.8 Å². The van der Waals surface area contributed by atoms with E-state index in [1.807, 2.05) is 6.07 Å². The molecule has 0 saturated carbocycles. The van der Waals surface area contributed by atoms with Crippen LogP contribution in [0.4, 0.5) is 0 Å². The summed E-state index contributed by atoms with van der Waals surface area (Å²) in [6.45, 7) is 3.70. The number of benzene rings is 2. The van der Waals surface area contributed by atoms with Gasteiger partial charge in [0.1, 0.15) is 5.75 Å². The molecule has 0 saturated heterocycles. The van der Waals surface area contributed by atoms with Crippen LogP contribution in [0.2, 0.25) is 0 Å². The summed E-state index contributed by atoms with van der Waals surface area (Å²) in [6, 6.07) is 12.6. The number of halogens is 2. The van der Waals surface area contributed by atoms with Crippen molar-refractivity contribution in [2.45, 2.75) is 20.0 Å². The zero-order valence-corrected chi connectivity index (χ0v) is 14.7. The lowest BCUT2D eigenvalue weighted by Crippen LogP contribution is -2.13. The van der Waals surface area contributed by atoms with Crippen molar-refractivity contribution in [2.24, 2.45) is 0 Å². The van der Waals surface area contributed by atoms with E-state index in [1.165, 1.54) is 11.1 Å². The third kappa shape index (κ3) is 4.08. The van der Waals surface area contributed by atoms with Gasteiger partial charge in [0.15, 0.2) is 0 Å². The van der Waals surface area contributed by atoms with Crippen LogP contribution in [0.3, 0.4) is 0 Å². The molecule has 0 unspecified atom stereocenters. The van der Waals surface area contributed by atoms with Gasteiger partial charge in [-0.05, 0) is 40.5 Å². The molecule has 0 fully saturated rings. The van der Waals surface area contributed by atoms with E-state index in [-0.39, 0.29) is 0 Å². The summed E-state index contributed by atoms with van der Waals surface area (Å²) >= 11 is 7.03.